The van der Waals surface area contributed by atoms with Crippen LogP contribution < -0.4 is 0 Å². The smallest absolute Gasteiger partial charge is 0.150 e. The molecule has 16 heavy (non-hydrogen) atoms. The van der Waals surface area contributed by atoms with E-state index in [1.54, 1.807) is 24.3 Å². The number of hydrogen-bond donors (Lipinski definition) is 1. The number of aromatic hydroxyl groups is 1. The van der Waals surface area contributed by atoms with Crippen LogP contribution in [0.5, 0.6) is 5.75 Å². The van der Waals surface area contributed by atoms with Crippen molar-refractivity contribution in [3.05, 3.63) is 52.5 Å². The number of halogens is 1. The molecule has 0 atom stereocenters. The average molecular weight is 277 g/mol. The summed E-state index contributed by atoms with van der Waals surface area (Å²) in [5.74, 6) is 0.180. The number of benzene rings is 2. The molecule has 2 rings (SSSR count). The molecule has 0 heterocycles. The van der Waals surface area contributed by atoms with Gasteiger partial charge >= 0.3 is 0 Å². The molecule has 0 radical (unpaired) electrons. The predicted molar refractivity (Wildman–Crippen MR) is 66.6 cm³/mol. The summed E-state index contributed by atoms with van der Waals surface area (Å²) >= 11 is 3.40. The minimum atomic E-state index is 0.180. The lowest BCUT2D eigenvalue weighted by molar-refractivity contribution is 0.112. The first-order chi connectivity index (χ1) is 7.72. The van der Waals surface area contributed by atoms with Gasteiger partial charge in [0, 0.05) is 15.6 Å². The van der Waals surface area contributed by atoms with Gasteiger partial charge in [-0.25, -0.2) is 0 Å². The zero-order chi connectivity index (χ0) is 11.5. The van der Waals surface area contributed by atoms with Crippen molar-refractivity contribution in [2.75, 3.05) is 0 Å². The van der Waals surface area contributed by atoms with Crippen molar-refractivity contribution in [1.82, 2.24) is 0 Å². The molecular weight excluding hydrogens is 268 g/mol. The summed E-state index contributed by atoms with van der Waals surface area (Å²) < 4.78 is 0.847. The van der Waals surface area contributed by atoms with Gasteiger partial charge < -0.3 is 5.11 Å². The highest BCUT2D eigenvalue weighted by Gasteiger charge is 2.08. The van der Waals surface area contributed by atoms with Gasteiger partial charge in [-0.1, -0.05) is 40.2 Å². The van der Waals surface area contributed by atoms with E-state index in [0.717, 1.165) is 21.9 Å². The van der Waals surface area contributed by atoms with Crippen LogP contribution in [0.25, 0.3) is 11.1 Å². The van der Waals surface area contributed by atoms with Gasteiger partial charge in [0.15, 0.2) is 6.29 Å². The van der Waals surface area contributed by atoms with Crippen LogP contribution in [0, 0.1) is 0 Å². The minimum absolute atomic E-state index is 0.180. The Morgan fingerprint density at radius 3 is 2.56 bits per heavy atom. The highest BCUT2D eigenvalue weighted by Crippen LogP contribution is 2.32. The average Bonchev–Trinajstić information content (AvgIpc) is 2.32. The van der Waals surface area contributed by atoms with Crippen LogP contribution in [0.2, 0.25) is 0 Å². The fourth-order valence-corrected chi connectivity index (χ4v) is 2.02. The van der Waals surface area contributed by atoms with Crippen molar-refractivity contribution < 1.29 is 9.90 Å². The Morgan fingerprint density at radius 1 is 1.06 bits per heavy atom. The third-order valence-corrected chi connectivity index (χ3v) is 3.02. The summed E-state index contributed by atoms with van der Waals surface area (Å²) in [5.41, 5.74) is 2.22. The molecule has 2 aromatic carbocycles. The Bertz CT molecular complexity index is 535. The van der Waals surface area contributed by atoms with Crippen LogP contribution in [-0.4, -0.2) is 11.4 Å². The topological polar surface area (TPSA) is 37.3 Å². The van der Waals surface area contributed by atoms with Crippen molar-refractivity contribution in [1.29, 1.82) is 0 Å². The fraction of sp³-hybridized carbons (Fsp3) is 0. The molecule has 80 valence electrons. The molecule has 0 saturated carbocycles. The fourth-order valence-electron chi connectivity index (χ4n) is 1.56. The van der Waals surface area contributed by atoms with E-state index in [9.17, 15) is 9.90 Å². The number of carbonyl (C=O) groups is 1. The SMILES string of the molecule is O=Cc1ccccc1-c1cc(O)ccc1Br. The number of carbonyl (C=O) groups excluding carboxylic acids is 1. The van der Waals surface area contributed by atoms with E-state index >= 15 is 0 Å². The lowest BCUT2D eigenvalue weighted by Crippen LogP contribution is -1.87. The summed E-state index contributed by atoms with van der Waals surface area (Å²) in [6.07, 6.45) is 0.811. The largest absolute Gasteiger partial charge is 0.508 e. The Kier molecular flexibility index (Phi) is 3.06. The molecule has 1 N–H and O–H groups in total. The molecular formula is C13H9BrO2. The Morgan fingerprint density at radius 2 is 1.81 bits per heavy atom. The molecule has 0 bridgehead atoms. The summed E-state index contributed by atoms with van der Waals surface area (Å²) in [6, 6.07) is 12.3. The van der Waals surface area contributed by atoms with Gasteiger partial charge in [-0.3, -0.25) is 4.79 Å². The maximum absolute atomic E-state index is 10.9. The molecule has 3 heteroatoms. The number of aldehydes is 1. The molecule has 0 saturated heterocycles. The second-order valence-corrected chi connectivity index (χ2v) is 4.22. The molecule has 0 aliphatic rings. The number of hydrogen-bond acceptors (Lipinski definition) is 2. The van der Waals surface area contributed by atoms with E-state index < -0.39 is 0 Å². The Labute approximate surface area is 102 Å². The van der Waals surface area contributed by atoms with Crippen LogP contribution >= 0.6 is 15.9 Å². The summed E-state index contributed by atoms with van der Waals surface area (Å²) in [4.78, 5) is 10.9. The highest BCUT2D eigenvalue weighted by atomic mass is 79.9. The molecule has 2 nitrogen and oxygen atoms in total. The zero-order valence-corrected chi connectivity index (χ0v) is 9.94. The minimum Gasteiger partial charge on any atom is -0.508 e. The summed E-state index contributed by atoms with van der Waals surface area (Å²) in [6.45, 7) is 0. The maximum Gasteiger partial charge on any atom is 0.150 e. The van der Waals surface area contributed by atoms with Gasteiger partial charge in [0.2, 0.25) is 0 Å². The van der Waals surface area contributed by atoms with Crippen LogP contribution in [0.4, 0.5) is 0 Å². The zero-order valence-electron chi connectivity index (χ0n) is 8.35. The number of phenolic OH excluding ortho intramolecular Hbond substituents is 1. The summed E-state index contributed by atoms with van der Waals surface area (Å²) in [5, 5.41) is 9.45. The first kappa shape index (κ1) is 10.9. The molecule has 0 aliphatic heterocycles. The number of phenols is 1. The third kappa shape index (κ3) is 1.99. The van der Waals surface area contributed by atoms with Gasteiger partial charge in [-0.2, -0.15) is 0 Å². The predicted octanol–water partition coefficient (Wildman–Crippen LogP) is 3.63. The number of rotatable bonds is 2. The van der Waals surface area contributed by atoms with Crippen LogP contribution in [-0.2, 0) is 0 Å². The molecule has 0 amide bonds. The standard InChI is InChI=1S/C13H9BrO2/c14-13-6-5-10(16)7-12(13)11-4-2-1-3-9(11)8-15/h1-8,16H. The quantitative estimate of drug-likeness (QED) is 0.851. The van der Waals surface area contributed by atoms with Gasteiger partial charge in [-0.05, 0) is 23.8 Å². The van der Waals surface area contributed by atoms with Crippen LogP contribution in [0.3, 0.4) is 0 Å². The molecule has 0 spiro atoms. The van der Waals surface area contributed by atoms with Crippen molar-refractivity contribution in [3.63, 3.8) is 0 Å². The molecule has 0 aromatic heterocycles. The van der Waals surface area contributed by atoms with E-state index in [0.29, 0.717) is 5.56 Å². The van der Waals surface area contributed by atoms with Gasteiger partial charge in [0.1, 0.15) is 5.75 Å². The highest BCUT2D eigenvalue weighted by molar-refractivity contribution is 9.10. The van der Waals surface area contributed by atoms with Gasteiger partial charge in [-0.15, -0.1) is 0 Å². The molecule has 0 aliphatic carbocycles. The monoisotopic (exact) mass is 276 g/mol. The molecule has 2 aromatic rings. The van der Waals surface area contributed by atoms with Crippen LogP contribution in [0.15, 0.2) is 46.9 Å². The van der Waals surface area contributed by atoms with Crippen molar-refractivity contribution in [2.45, 2.75) is 0 Å². The lowest BCUT2D eigenvalue weighted by atomic mass is 10.0. The second kappa shape index (κ2) is 4.49. The Balaban J connectivity index is 2.66. The Hall–Kier alpha value is -1.61. The van der Waals surface area contributed by atoms with Gasteiger partial charge in [0.25, 0.3) is 0 Å². The maximum atomic E-state index is 10.9. The van der Waals surface area contributed by atoms with Crippen molar-refractivity contribution in [2.24, 2.45) is 0 Å². The summed E-state index contributed by atoms with van der Waals surface area (Å²) in [7, 11) is 0. The normalized spacial score (nSPS) is 10.1. The van der Waals surface area contributed by atoms with Gasteiger partial charge in [0.05, 0.1) is 0 Å². The second-order valence-electron chi connectivity index (χ2n) is 3.37. The molecule has 0 unspecified atom stereocenters. The first-order valence-electron chi connectivity index (χ1n) is 4.75. The third-order valence-electron chi connectivity index (χ3n) is 2.33. The van der Waals surface area contributed by atoms with Crippen molar-refractivity contribution in [3.8, 4) is 16.9 Å². The molecule has 0 fully saturated rings. The van der Waals surface area contributed by atoms with E-state index in [4.69, 9.17) is 0 Å². The first-order valence-corrected chi connectivity index (χ1v) is 5.55. The van der Waals surface area contributed by atoms with Crippen molar-refractivity contribution >= 4 is 22.2 Å². The van der Waals surface area contributed by atoms with Crippen LogP contribution in [0.1, 0.15) is 10.4 Å². The van der Waals surface area contributed by atoms with E-state index in [-0.39, 0.29) is 5.75 Å². The van der Waals surface area contributed by atoms with E-state index in [1.165, 1.54) is 0 Å². The lowest BCUT2D eigenvalue weighted by Gasteiger charge is -2.07. The van der Waals surface area contributed by atoms with E-state index in [2.05, 4.69) is 15.9 Å². The van der Waals surface area contributed by atoms with E-state index in [1.807, 2.05) is 18.2 Å².